The number of nitrogens with two attached hydrogens (primary N) is 1. The van der Waals surface area contributed by atoms with Gasteiger partial charge in [-0.15, -0.1) is 0 Å². The fourth-order valence-electron chi connectivity index (χ4n) is 4.05. The first-order valence-corrected chi connectivity index (χ1v) is 7.94. The number of likely N-dealkylation sites (tertiary alicyclic amines) is 1. The monoisotopic (exact) mass is 290 g/mol. The summed E-state index contributed by atoms with van der Waals surface area (Å²) in [5.74, 6) is 0.867. The second-order valence-corrected chi connectivity index (χ2v) is 6.51. The topological polar surface area (TPSA) is 46.3 Å². The minimum absolute atomic E-state index is 0.0312. The molecule has 2 fully saturated rings. The van der Waals surface area contributed by atoms with E-state index in [0.29, 0.717) is 23.4 Å². The Labute approximate surface area is 125 Å². The van der Waals surface area contributed by atoms with E-state index in [4.69, 9.17) is 5.73 Å². The first kappa shape index (κ1) is 14.4. The van der Waals surface area contributed by atoms with Gasteiger partial charge >= 0.3 is 0 Å². The number of nitrogen functional groups attached to an aromatic ring is 1. The quantitative estimate of drug-likeness (QED) is 0.805. The fraction of sp³-hybridized carbons (Fsp3) is 0.588. The van der Waals surface area contributed by atoms with Gasteiger partial charge in [-0.3, -0.25) is 4.79 Å². The second kappa shape index (κ2) is 5.66. The summed E-state index contributed by atoms with van der Waals surface area (Å²) in [5.41, 5.74) is 6.52. The van der Waals surface area contributed by atoms with Crippen LogP contribution >= 0.6 is 0 Å². The molecular formula is C17H23FN2O. The van der Waals surface area contributed by atoms with Crippen LogP contribution in [0.25, 0.3) is 0 Å². The van der Waals surface area contributed by atoms with Crippen molar-refractivity contribution in [3.63, 3.8) is 0 Å². The van der Waals surface area contributed by atoms with Gasteiger partial charge in [0.2, 0.25) is 0 Å². The first-order chi connectivity index (χ1) is 10.1. The van der Waals surface area contributed by atoms with E-state index >= 15 is 0 Å². The molecule has 1 saturated carbocycles. The molecule has 3 nitrogen and oxygen atoms in total. The van der Waals surface area contributed by atoms with E-state index in [2.05, 4.69) is 6.92 Å². The number of carbonyl (C=O) groups excluding carboxylic acids is 1. The lowest BCUT2D eigenvalue weighted by Crippen LogP contribution is -2.52. The summed E-state index contributed by atoms with van der Waals surface area (Å²) in [6.45, 7) is 3.09. The minimum atomic E-state index is -0.396. The van der Waals surface area contributed by atoms with E-state index in [-0.39, 0.29) is 11.6 Å². The van der Waals surface area contributed by atoms with Crippen molar-refractivity contribution in [1.29, 1.82) is 0 Å². The number of fused-ring (bicyclic) bond motifs is 1. The van der Waals surface area contributed by atoms with Gasteiger partial charge in [-0.1, -0.05) is 19.8 Å². The maximum atomic E-state index is 13.2. The maximum absolute atomic E-state index is 13.2. The standard InChI is InChI=1S/C17H23FN2O/c1-11-8-9-20(16-5-3-2-4-13(11)16)17(21)14-7-6-12(18)10-15(14)19/h6-7,10-11,13,16H,2-5,8-9,19H2,1H3. The van der Waals surface area contributed by atoms with Gasteiger partial charge in [0.05, 0.1) is 5.56 Å². The molecule has 1 aliphatic carbocycles. The number of piperidine rings is 1. The van der Waals surface area contributed by atoms with Gasteiger partial charge in [-0.2, -0.15) is 0 Å². The lowest BCUT2D eigenvalue weighted by atomic mass is 9.72. The van der Waals surface area contributed by atoms with E-state index in [9.17, 15) is 9.18 Å². The zero-order chi connectivity index (χ0) is 15.0. The highest BCUT2D eigenvalue weighted by molar-refractivity contribution is 5.99. The highest BCUT2D eigenvalue weighted by atomic mass is 19.1. The minimum Gasteiger partial charge on any atom is -0.398 e. The van der Waals surface area contributed by atoms with Crippen LogP contribution in [-0.2, 0) is 0 Å². The average molecular weight is 290 g/mol. The Kier molecular flexibility index (Phi) is 3.87. The van der Waals surface area contributed by atoms with Crippen LogP contribution in [0, 0.1) is 17.7 Å². The van der Waals surface area contributed by atoms with Crippen LogP contribution in [0.2, 0.25) is 0 Å². The molecule has 1 aromatic carbocycles. The van der Waals surface area contributed by atoms with Crippen molar-refractivity contribution in [3.05, 3.63) is 29.6 Å². The van der Waals surface area contributed by atoms with Crippen molar-refractivity contribution in [3.8, 4) is 0 Å². The average Bonchev–Trinajstić information content (AvgIpc) is 2.47. The van der Waals surface area contributed by atoms with Gasteiger partial charge in [0.25, 0.3) is 5.91 Å². The summed E-state index contributed by atoms with van der Waals surface area (Å²) in [6.07, 6.45) is 5.81. The summed E-state index contributed by atoms with van der Waals surface area (Å²) in [4.78, 5) is 14.8. The maximum Gasteiger partial charge on any atom is 0.256 e. The van der Waals surface area contributed by atoms with Crippen molar-refractivity contribution in [2.24, 2.45) is 11.8 Å². The Hall–Kier alpha value is -1.58. The third kappa shape index (κ3) is 2.63. The number of anilines is 1. The molecule has 3 rings (SSSR count). The van der Waals surface area contributed by atoms with Gasteiger partial charge in [-0.05, 0) is 49.3 Å². The molecule has 2 aliphatic rings. The van der Waals surface area contributed by atoms with E-state index in [1.54, 1.807) is 0 Å². The summed E-state index contributed by atoms with van der Waals surface area (Å²) in [5, 5.41) is 0. The molecule has 0 radical (unpaired) electrons. The van der Waals surface area contributed by atoms with Crippen LogP contribution in [0.3, 0.4) is 0 Å². The molecule has 1 aromatic rings. The van der Waals surface area contributed by atoms with Crippen LogP contribution in [0.4, 0.5) is 10.1 Å². The van der Waals surface area contributed by atoms with Crippen LogP contribution in [-0.4, -0.2) is 23.4 Å². The molecule has 0 aromatic heterocycles. The second-order valence-electron chi connectivity index (χ2n) is 6.51. The van der Waals surface area contributed by atoms with Crippen LogP contribution in [0.1, 0.15) is 49.4 Å². The fourth-order valence-corrected chi connectivity index (χ4v) is 4.05. The lowest BCUT2D eigenvalue weighted by molar-refractivity contribution is 0.0218. The molecule has 0 bridgehead atoms. The molecule has 3 unspecified atom stereocenters. The normalized spacial score (nSPS) is 29.0. The van der Waals surface area contributed by atoms with Crippen molar-refractivity contribution >= 4 is 11.6 Å². The number of amides is 1. The third-order valence-electron chi connectivity index (χ3n) is 5.24. The van der Waals surface area contributed by atoms with E-state index < -0.39 is 5.82 Å². The molecule has 3 atom stereocenters. The van der Waals surface area contributed by atoms with Crippen molar-refractivity contribution in [1.82, 2.24) is 4.90 Å². The predicted molar refractivity (Wildman–Crippen MR) is 81.4 cm³/mol. The van der Waals surface area contributed by atoms with Crippen LogP contribution in [0.5, 0.6) is 0 Å². The molecule has 114 valence electrons. The SMILES string of the molecule is CC1CCN(C(=O)c2ccc(F)cc2N)C2CCCCC12. The molecule has 2 N–H and O–H groups in total. The predicted octanol–water partition coefficient (Wildman–Crippen LogP) is 3.45. The highest BCUT2D eigenvalue weighted by Crippen LogP contribution is 2.39. The van der Waals surface area contributed by atoms with E-state index in [1.165, 1.54) is 37.5 Å². The Balaban J connectivity index is 1.86. The van der Waals surface area contributed by atoms with Crippen molar-refractivity contribution < 1.29 is 9.18 Å². The molecular weight excluding hydrogens is 267 g/mol. The van der Waals surface area contributed by atoms with Crippen LogP contribution in [0.15, 0.2) is 18.2 Å². The van der Waals surface area contributed by atoms with Crippen molar-refractivity contribution in [2.45, 2.75) is 45.1 Å². The number of benzene rings is 1. The van der Waals surface area contributed by atoms with Gasteiger partial charge < -0.3 is 10.6 Å². The molecule has 0 spiro atoms. The Morgan fingerprint density at radius 3 is 2.81 bits per heavy atom. The zero-order valence-electron chi connectivity index (χ0n) is 12.5. The summed E-state index contributed by atoms with van der Waals surface area (Å²) in [7, 11) is 0. The van der Waals surface area contributed by atoms with Gasteiger partial charge in [-0.25, -0.2) is 4.39 Å². The molecule has 1 amide bonds. The zero-order valence-corrected chi connectivity index (χ0v) is 12.5. The van der Waals surface area contributed by atoms with Gasteiger partial charge in [0.1, 0.15) is 5.82 Å². The number of hydrogen-bond acceptors (Lipinski definition) is 2. The summed E-state index contributed by atoms with van der Waals surface area (Å²) < 4.78 is 13.2. The lowest BCUT2D eigenvalue weighted by Gasteiger charge is -2.47. The van der Waals surface area contributed by atoms with Crippen LogP contribution < -0.4 is 5.73 Å². The number of halogens is 1. The molecule has 4 heteroatoms. The molecule has 1 saturated heterocycles. The number of carbonyl (C=O) groups is 1. The van der Waals surface area contributed by atoms with Gasteiger partial charge in [0.15, 0.2) is 0 Å². The third-order valence-corrected chi connectivity index (χ3v) is 5.24. The summed E-state index contributed by atoms with van der Waals surface area (Å²) in [6, 6.07) is 4.40. The molecule has 21 heavy (non-hydrogen) atoms. The summed E-state index contributed by atoms with van der Waals surface area (Å²) >= 11 is 0. The van der Waals surface area contributed by atoms with Crippen molar-refractivity contribution in [2.75, 3.05) is 12.3 Å². The number of rotatable bonds is 1. The van der Waals surface area contributed by atoms with E-state index in [0.717, 1.165) is 19.4 Å². The highest BCUT2D eigenvalue weighted by Gasteiger charge is 2.39. The first-order valence-electron chi connectivity index (χ1n) is 7.94. The van der Waals surface area contributed by atoms with E-state index in [1.807, 2.05) is 4.90 Å². The Morgan fingerprint density at radius 1 is 1.29 bits per heavy atom. The number of nitrogens with zero attached hydrogens (tertiary/aromatic N) is 1. The molecule has 1 heterocycles. The van der Waals surface area contributed by atoms with Gasteiger partial charge in [0, 0.05) is 18.3 Å². The number of hydrogen-bond donors (Lipinski definition) is 1. The smallest absolute Gasteiger partial charge is 0.256 e. The molecule has 1 aliphatic heterocycles. The Morgan fingerprint density at radius 2 is 2.05 bits per heavy atom. The largest absolute Gasteiger partial charge is 0.398 e. The Bertz CT molecular complexity index is 546.